The molecule has 0 saturated carbocycles. The highest BCUT2D eigenvalue weighted by atomic mass is 32.2. The molecule has 1 unspecified atom stereocenters. The Morgan fingerprint density at radius 1 is 1.62 bits per heavy atom. The molecule has 0 aliphatic carbocycles. The highest BCUT2D eigenvalue weighted by molar-refractivity contribution is 7.27. The minimum absolute atomic E-state index is 0.150. The minimum atomic E-state index is 0.150. The predicted molar refractivity (Wildman–Crippen MR) is 33.8 cm³/mol. The quantitative estimate of drug-likeness (QED) is 0.601. The molecule has 2 nitrogen and oxygen atoms in total. The summed E-state index contributed by atoms with van der Waals surface area (Å²) in [5.74, 6) is 0.833. The molecular formula is C5H8NOS+. The van der Waals surface area contributed by atoms with Gasteiger partial charge < -0.3 is 5.11 Å². The maximum Gasteiger partial charge on any atom is 0.229 e. The van der Waals surface area contributed by atoms with Crippen LogP contribution in [0.25, 0.3) is 0 Å². The van der Waals surface area contributed by atoms with Gasteiger partial charge in [-0.05, 0) is 0 Å². The molecule has 0 fully saturated rings. The van der Waals surface area contributed by atoms with E-state index in [2.05, 4.69) is 4.98 Å². The number of thiazole rings is 1. The largest absolute Gasteiger partial charge is 0.391 e. The Kier molecular flexibility index (Phi) is 2.00. The SMILES string of the molecule is OCC[s+]1ccnc1. The first-order valence-corrected chi connectivity index (χ1v) is 3.95. The van der Waals surface area contributed by atoms with E-state index in [-0.39, 0.29) is 17.1 Å². The van der Waals surface area contributed by atoms with Crippen LogP contribution in [0.1, 0.15) is 0 Å². The van der Waals surface area contributed by atoms with Gasteiger partial charge in [0.15, 0.2) is 11.1 Å². The maximum absolute atomic E-state index is 8.44. The molecule has 1 atom stereocenters. The van der Waals surface area contributed by atoms with Crippen LogP contribution in [-0.2, 0) is 5.75 Å². The molecule has 1 aromatic heterocycles. The molecule has 8 heavy (non-hydrogen) atoms. The van der Waals surface area contributed by atoms with Crippen molar-refractivity contribution in [1.82, 2.24) is 4.98 Å². The highest BCUT2D eigenvalue weighted by Gasteiger charge is 1.97. The molecule has 0 aliphatic rings. The van der Waals surface area contributed by atoms with Crippen LogP contribution in [0.5, 0.6) is 0 Å². The molecule has 0 bridgehead atoms. The van der Waals surface area contributed by atoms with E-state index < -0.39 is 0 Å². The van der Waals surface area contributed by atoms with Crippen molar-refractivity contribution < 1.29 is 5.11 Å². The van der Waals surface area contributed by atoms with Crippen LogP contribution in [0, 0.1) is 0 Å². The molecule has 1 rings (SSSR count). The lowest BCUT2D eigenvalue weighted by atomic mass is 10.9. The first kappa shape index (κ1) is 5.72. The summed E-state index contributed by atoms with van der Waals surface area (Å²) in [5, 5.41) is 10.4. The van der Waals surface area contributed by atoms with Crippen LogP contribution >= 0.6 is 10.5 Å². The van der Waals surface area contributed by atoms with Crippen molar-refractivity contribution in [2.75, 3.05) is 6.61 Å². The zero-order valence-corrected chi connectivity index (χ0v) is 5.27. The highest BCUT2D eigenvalue weighted by Crippen LogP contribution is 2.13. The van der Waals surface area contributed by atoms with Gasteiger partial charge in [0.25, 0.3) is 0 Å². The van der Waals surface area contributed by atoms with Gasteiger partial charge in [0.2, 0.25) is 5.51 Å². The Bertz CT molecular complexity index is 138. The molecule has 1 heterocycles. The Morgan fingerprint density at radius 3 is 3.00 bits per heavy atom. The molecule has 0 amide bonds. The Hall–Kier alpha value is -0.410. The van der Waals surface area contributed by atoms with Crippen molar-refractivity contribution >= 4 is 10.5 Å². The summed E-state index contributed by atoms with van der Waals surface area (Å²) >= 11 is 0. The number of nitrogens with zero attached hydrogens (tertiary/aromatic N) is 1. The number of aliphatic hydroxyl groups excluding tert-OH is 1. The smallest absolute Gasteiger partial charge is 0.229 e. The standard InChI is InChI=1S/C5H8NOS/c7-2-4-8-3-1-6-5-8/h1,3,5,7H,2,4H2/q+1. The van der Waals surface area contributed by atoms with Crippen molar-refractivity contribution in [1.29, 1.82) is 0 Å². The average Bonchev–Trinajstić information content (AvgIpc) is 2.19. The van der Waals surface area contributed by atoms with E-state index in [1.165, 1.54) is 0 Å². The number of aliphatic hydroxyl groups is 1. The van der Waals surface area contributed by atoms with Crippen LogP contribution in [0.15, 0.2) is 17.1 Å². The van der Waals surface area contributed by atoms with Crippen LogP contribution < -0.4 is 0 Å². The average molecular weight is 130 g/mol. The third-order valence-corrected chi connectivity index (χ3v) is 2.36. The summed E-state index contributed by atoms with van der Waals surface area (Å²) in [6, 6.07) is 0. The van der Waals surface area contributed by atoms with Gasteiger partial charge in [0.1, 0.15) is 0 Å². The molecule has 1 N–H and O–H groups in total. The van der Waals surface area contributed by atoms with Crippen LogP contribution in [0.2, 0.25) is 0 Å². The molecule has 0 aromatic carbocycles. The molecule has 0 spiro atoms. The molecule has 1 aromatic rings. The normalized spacial score (nSPS) is 11.9. The summed E-state index contributed by atoms with van der Waals surface area (Å²) < 4.78 is 0. The van der Waals surface area contributed by atoms with E-state index in [1.54, 1.807) is 6.20 Å². The Labute approximate surface area is 50.8 Å². The Morgan fingerprint density at radius 2 is 2.50 bits per heavy atom. The lowest BCUT2D eigenvalue weighted by Gasteiger charge is -1.76. The number of hydrogen-bond acceptors (Lipinski definition) is 2. The van der Waals surface area contributed by atoms with Crippen molar-refractivity contribution in [3.63, 3.8) is 0 Å². The maximum atomic E-state index is 8.44. The summed E-state index contributed by atoms with van der Waals surface area (Å²) in [7, 11) is 0.150. The van der Waals surface area contributed by atoms with Gasteiger partial charge in [0, 0.05) is 10.5 Å². The van der Waals surface area contributed by atoms with E-state index in [0.717, 1.165) is 5.75 Å². The monoisotopic (exact) mass is 130 g/mol. The molecule has 0 aliphatic heterocycles. The first-order chi connectivity index (χ1) is 3.93. The van der Waals surface area contributed by atoms with Gasteiger partial charge >= 0.3 is 0 Å². The minimum Gasteiger partial charge on any atom is -0.391 e. The predicted octanol–water partition coefficient (Wildman–Crippen LogP) is 0.823. The first-order valence-electron chi connectivity index (χ1n) is 2.43. The van der Waals surface area contributed by atoms with E-state index >= 15 is 0 Å². The second-order valence-corrected chi connectivity index (χ2v) is 3.27. The van der Waals surface area contributed by atoms with E-state index in [1.807, 2.05) is 10.9 Å². The van der Waals surface area contributed by atoms with Gasteiger partial charge in [-0.3, -0.25) is 0 Å². The van der Waals surface area contributed by atoms with E-state index in [4.69, 9.17) is 5.11 Å². The van der Waals surface area contributed by atoms with Crippen LogP contribution in [0.4, 0.5) is 0 Å². The van der Waals surface area contributed by atoms with Crippen LogP contribution in [0.3, 0.4) is 0 Å². The van der Waals surface area contributed by atoms with Gasteiger partial charge in [-0.15, -0.1) is 0 Å². The third kappa shape index (κ3) is 1.28. The zero-order valence-electron chi connectivity index (χ0n) is 4.45. The van der Waals surface area contributed by atoms with E-state index in [9.17, 15) is 0 Å². The molecule has 0 radical (unpaired) electrons. The lowest BCUT2D eigenvalue weighted by Crippen LogP contribution is -1.78. The number of aromatic nitrogens is 1. The molecule has 3 heteroatoms. The van der Waals surface area contributed by atoms with Crippen molar-refractivity contribution in [3.05, 3.63) is 17.1 Å². The number of hydrogen-bond donors (Lipinski definition) is 1. The molecular weight excluding hydrogens is 122 g/mol. The summed E-state index contributed by atoms with van der Waals surface area (Å²) in [6.45, 7) is 0.263. The summed E-state index contributed by atoms with van der Waals surface area (Å²) in [6.07, 6.45) is 1.78. The fraction of sp³-hybridized carbons (Fsp3) is 0.400. The van der Waals surface area contributed by atoms with Gasteiger partial charge in [-0.1, -0.05) is 0 Å². The molecule has 44 valence electrons. The van der Waals surface area contributed by atoms with Crippen molar-refractivity contribution in [2.45, 2.75) is 5.75 Å². The van der Waals surface area contributed by atoms with Gasteiger partial charge in [-0.2, -0.15) is 0 Å². The number of rotatable bonds is 2. The van der Waals surface area contributed by atoms with Gasteiger partial charge in [0.05, 0.1) is 12.8 Å². The van der Waals surface area contributed by atoms with E-state index in [0.29, 0.717) is 0 Å². The second kappa shape index (κ2) is 2.79. The van der Waals surface area contributed by atoms with Crippen molar-refractivity contribution in [2.24, 2.45) is 0 Å². The van der Waals surface area contributed by atoms with Gasteiger partial charge in [-0.25, -0.2) is 4.98 Å². The Balaban J connectivity index is 2.50. The fourth-order valence-electron chi connectivity index (χ4n) is 0.488. The lowest BCUT2D eigenvalue weighted by molar-refractivity contribution is 0.310. The second-order valence-electron chi connectivity index (χ2n) is 1.44. The topological polar surface area (TPSA) is 33.1 Å². The third-order valence-electron chi connectivity index (χ3n) is 0.845. The summed E-state index contributed by atoms with van der Waals surface area (Å²) in [4.78, 5) is 3.88. The summed E-state index contributed by atoms with van der Waals surface area (Å²) in [5.41, 5.74) is 1.87. The van der Waals surface area contributed by atoms with Crippen LogP contribution in [-0.4, -0.2) is 16.7 Å². The zero-order chi connectivity index (χ0) is 5.82. The van der Waals surface area contributed by atoms with Crippen molar-refractivity contribution in [3.8, 4) is 0 Å². The molecule has 0 saturated heterocycles. The fourth-order valence-corrected chi connectivity index (χ4v) is 1.46.